The Labute approximate surface area is 201 Å². The summed E-state index contributed by atoms with van der Waals surface area (Å²) in [4.78, 5) is 51.4. The lowest BCUT2D eigenvalue weighted by Gasteiger charge is -2.13. The minimum atomic E-state index is -0.768. The molecule has 3 amide bonds. The van der Waals surface area contributed by atoms with E-state index in [2.05, 4.69) is 5.32 Å². The van der Waals surface area contributed by atoms with Crippen molar-refractivity contribution in [3.8, 4) is 0 Å². The first kappa shape index (κ1) is 23.2. The van der Waals surface area contributed by atoms with Gasteiger partial charge in [0.1, 0.15) is 0 Å². The number of amides is 3. The molecule has 0 radical (unpaired) electrons. The molecule has 8 heteroatoms. The van der Waals surface area contributed by atoms with Gasteiger partial charge in [0.05, 0.1) is 23.2 Å². The van der Waals surface area contributed by atoms with E-state index >= 15 is 0 Å². The van der Waals surface area contributed by atoms with Crippen LogP contribution in [0.15, 0.2) is 60.7 Å². The maximum Gasteiger partial charge on any atom is 0.338 e. The van der Waals surface area contributed by atoms with Crippen LogP contribution in [-0.2, 0) is 16.1 Å². The van der Waals surface area contributed by atoms with Crippen molar-refractivity contribution in [1.82, 2.24) is 4.90 Å². The van der Waals surface area contributed by atoms with Crippen molar-refractivity contribution in [3.63, 3.8) is 0 Å². The van der Waals surface area contributed by atoms with Crippen molar-refractivity contribution in [2.75, 3.05) is 11.9 Å². The number of esters is 1. The molecule has 0 spiro atoms. The van der Waals surface area contributed by atoms with Crippen molar-refractivity contribution in [3.05, 3.63) is 99.1 Å². The van der Waals surface area contributed by atoms with Crippen LogP contribution in [-0.4, -0.2) is 35.2 Å². The van der Waals surface area contributed by atoms with E-state index in [1.165, 1.54) is 18.2 Å². The van der Waals surface area contributed by atoms with Gasteiger partial charge in [-0.2, -0.15) is 0 Å². The van der Waals surface area contributed by atoms with Gasteiger partial charge in [-0.1, -0.05) is 35.9 Å². The highest BCUT2D eigenvalue weighted by atomic mass is 35.5. The molecule has 3 aromatic rings. The number of ether oxygens (including phenoxy) is 1. The Hall–Kier alpha value is -3.97. The molecule has 4 rings (SSSR count). The molecule has 0 unspecified atom stereocenters. The minimum absolute atomic E-state index is 0.0766. The fraction of sp³-hybridized carbons (Fsp3) is 0.154. The quantitative estimate of drug-likeness (QED) is 0.416. The van der Waals surface area contributed by atoms with Crippen LogP contribution in [0.2, 0.25) is 5.02 Å². The zero-order valence-corrected chi connectivity index (χ0v) is 19.3. The Kier molecular flexibility index (Phi) is 6.47. The van der Waals surface area contributed by atoms with Crippen LogP contribution in [0.5, 0.6) is 0 Å². The Morgan fingerprint density at radius 1 is 0.941 bits per heavy atom. The summed E-state index contributed by atoms with van der Waals surface area (Å²) in [5.41, 5.74) is 3.74. The topological polar surface area (TPSA) is 92.8 Å². The maximum atomic E-state index is 12.8. The number of rotatable bonds is 6. The Balaban J connectivity index is 1.41. The third-order valence-electron chi connectivity index (χ3n) is 5.67. The Morgan fingerprint density at radius 3 is 2.38 bits per heavy atom. The van der Waals surface area contributed by atoms with Gasteiger partial charge in [-0.05, 0) is 66.9 Å². The molecule has 1 N–H and O–H groups in total. The van der Waals surface area contributed by atoms with E-state index in [1.54, 1.807) is 30.3 Å². The summed E-state index contributed by atoms with van der Waals surface area (Å²) in [5.74, 6) is -2.20. The molecule has 0 aromatic heterocycles. The monoisotopic (exact) mass is 476 g/mol. The van der Waals surface area contributed by atoms with E-state index in [0.29, 0.717) is 10.7 Å². The highest BCUT2D eigenvalue weighted by Gasteiger charge is 2.36. The van der Waals surface area contributed by atoms with Gasteiger partial charge >= 0.3 is 5.97 Å². The SMILES string of the molecule is Cc1cccc(NC(=O)COC(=O)c2ccc3c(c2)C(=O)N(Cc2ccc(Cl)cc2)C3=O)c1C. The number of carbonyl (C=O) groups is 4. The predicted octanol–water partition coefficient (Wildman–Crippen LogP) is 4.55. The molecule has 1 aliphatic heterocycles. The zero-order valence-electron chi connectivity index (χ0n) is 18.6. The van der Waals surface area contributed by atoms with Crippen LogP contribution in [0.25, 0.3) is 0 Å². The van der Waals surface area contributed by atoms with Crippen LogP contribution in [0.3, 0.4) is 0 Å². The van der Waals surface area contributed by atoms with E-state index < -0.39 is 30.3 Å². The van der Waals surface area contributed by atoms with Crippen molar-refractivity contribution in [2.24, 2.45) is 0 Å². The zero-order chi connectivity index (χ0) is 24.4. The fourth-order valence-electron chi connectivity index (χ4n) is 3.62. The van der Waals surface area contributed by atoms with Crippen molar-refractivity contribution in [2.45, 2.75) is 20.4 Å². The highest BCUT2D eigenvalue weighted by molar-refractivity contribution is 6.30. The molecule has 0 atom stereocenters. The van der Waals surface area contributed by atoms with E-state index in [1.807, 2.05) is 26.0 Å². The average molecular weight is 477 g/mol. The Bertz CT molecular complexity index is 1320. The number of benzene rings is 3. The minimum Gasteiger partial charge on any atom is -0.452 e. The van der Waals surface area contributed by atoms with Crippen LogP contribution < -0.4 is 5.32 Å². The van der Waals surface area contributed by atoms with Crippen LogP contribution in [0, 0.1) is 13.8 Å². The molecular weight excluding hydrogens is 456 g/mol. The van der Waals surface area contributed by atoms with Gasteiger partial charge in [-0.15, -0.1) is 0 Å². The number of halogens is 1. The Morgan fingerprint density at radius 2 is 1.65 bits per heavy atom. The van der Waals surface area contributed by atoms with Gasteiger partial charge in [0.15, 0.2) is 6.61 Å². The second-order valence-electron chi connectivity index (χ2n) is 7.96. The van der Waals surface area contributed by atoms with Crippen molar-refractivity contribution in [1.29, 1.82) is 0 Å². The lowest BCUT2D eigenvalue weighted by molar-refractivity contribution is -0.119. The lowest BCUT2D eigenvalue weighted by atomic mass is 10.1. The van der Waals surface area contributed by atoms with Crippen molar-refractivity contribution < 1.29 is 23.9 Å². The lowest BCUT2D eigenvalue weighted by Crippen LogP contribution is -2.29. The molecule has 172 valence electrons. The second kappa shape index (κ2) is 9.49. The predicted molar refractivity (Wildman–Crippen MR) is 127 cm³/mol. The molecule has 1 aliphatic rings. The summed E-state index contributed by atoms with van der Waals surface area (Å²) >= 11 is 5.89. The summed E-state index contributed by atoms with van der Waals surface area (Å²) in [7, 11) is 0. The summed E-state index contributed by atoms with van der Waals surface area (Å²) in [5, 5.41) is 3.27. The summed E-state index contributed by atoms with van der Waals surface area (Å²) in [6.45, 7) is 3.41. The van der Waals surface area contributed by atoms with Crippen molar-refractivity contribution >= 4 is 41.0 Å². The number of imide groups is 1. The number of nitrogens with zero attached hydrogens (tertiary/aromatic N) is 1. The molecule has 0 saturated carbocycles. The molecule has 3 aromatic carbocycles. The molecule has 1 heterocycles. The van der Waals surface area contributed by atoms with Gasteiger partial charge in [0.2, 0.25) is 0 Å². The normalized spacial score (nSPS) is 12.5. The number of fused-ring (bicyclic) bond motifs is 1. The number of hydrogen-bond donors (Lipinski definition) is 1. The molecule has 7 nitrogen and oxygen atoms in total. The first-order chi connectivity index (χ1) is 16.2. The third-order valence-corrected chi connectivity index (χ3v) is 5.93. The smallest absolute Gasteiger partial charge is 0.338 e. The summed E-state index contributed by atoms with van der Waals surface area (Å²) in [6.07, 6.45) is 0. The van der Waals surface area contributed by atoms with Crippen LogP contribution in [0.4, 0.5) is 5.69 Å². The molecule has 0 bridgehead atoms. The number of anilines is 1. The van der Waals surface area contributed by atoms with Gasteiger partial charge in [0.25, 0.3) is 17.7 Å². The largest absolute Gasteiger partial charge is 0.452 e. The molecule has 0 fully saturated rings. The third kappa shape index (κ3) is 4.70. The number of aryl methyl sites for hydroxylation is 1. The fourth-order valence-corrected chi connectivity index (χ4v) is 3.75. The van der Waals surface area contributed by atoms with Gasteiger partial charge in [-0.25, -0.2) is 4.79 Å². The first-order valence-corrected chi connectivity index (χ1v) is 10.9. The van der Waals surface area contributed by atoms with E-state index in [4.69, 9.17) is 16.3 Å². The molecule has 34 heavy (non-hydrogen) atoms. The summed E-state index contributed by atoms with van der Waals surface area (Å²) in [6, 6.07) is 16.5. The molecule has 0 saturated heterocycles. The first-order valence-electron chi connectivity index (χ1n) is 10.5. The molecular formula is C26H21ClN2O5. The number of nitrogens with one attached hydrogen (secondary N) is 1. The van der Waals surface area contributed by atoms with E-state index in [9.17, 15) is 19.2 Å². The second-order valence-corrected chi connectivity index (χ2v) is 8.39. The number of hydrogen-bond acceptors (Lipinski definition) is 5. The van der Waals surface area contributed by atoms with E-state index in [-0.39, 0.29) is 23.2 Å². The average Bonchev–Trinajstić information content (AvgIpc) is 3.06. The molecule has 0 aliphatic carbocycles. The van der Waals surface area contributed by atoms with Crippen LogP contribution in [0.1, 0.15) is 47.8 Å². The number of carbonyl (C=O) groups excluding carboxylic acids is 4. The van der Waals surface area contributed by atoms with Gasteiger partial charge < -0.3 is 10.1 Å². The van der Waals surface area contributed by atoms with E-state index in [0.717, 1.165) is 21.6 Å². The standard InChI is InChI=1S/C26H21ClN2O5/c1-15-4-3-5-22(16(15)2)28-23(30)14-34-26(33)18-8-11-20-21(12-18)25(32)29(24(20)31)13-17-6-9-19(27)10-7-17/h3-12H,13-14H2,1-2H3,(H,28,30). The summed E-state index contributed by atoms with van der Waals surface area (Å²) < 4.78 is 5.11. The van der Waals surface area contributed by atoms with Gasteiger partial charge in [-0.3, -0.25) is 19.3 Å². The van der Waals surface area contributed by atoms with Gasteiger partial charge in [0, 0.05) is 10.7 Å². The maximum absolute atomic E-state index is 12.8. The van der Waals surface area contributed by atoms with Crippen LogP contribution >= 0.6 is 11.6 Å². The highest BCUT2D eigenvalue weighted by Crippen LogP contribution is 2.26.